The first-order valence-corrected chi connectivity index (χ1v) is 7.63. The van der Waals surface area contributed by atoms with Crippen LogP contribution in [-0.4, -0.2) is 15.0 Å². The van der Waals surface area contributed by atoms with Crippen molar-refractivity contribution in [2.45, 2.75) is 51.9 Å². The third kappa shape index (κ3) is 2.69. The molecule has 1 fully saturated rings. The van der Waals surface area contributed by atoms with Crippen molar-refractivity contribution in [1.29, 1.82) is 5.26 Å². The lowest BCUT2D eigenvalue weighted by atomic mass is 9.86. The average molecular weight is 280 g/mol. The Morgan fingerprint density at radius 3 is 2.38 bits per heavy atom. The Bertz CT molecular complexity index is 667. The molecule has 108 valence electrons. The topological polar surface area (TPSA) is 54.5 Å². The Labute approximate surface area is 125 Å². The molecule has 0 N–H and O–H groups in total. The maximum absolute atomic E-state index is 9.35. The van der Waals surface area contributed by atoms with Gasteiger partial charge in [0.2, 0.25) is 0 Å². The first-order valence-electron chi connectivity index (χ1n) is 7.63. The molecule has 0 bridgehead atoms. The van der Waals surface area contributed by atoms with E-state index in [2.05, 4.69) is 48.4 Å². The highest BCUT2D eigenvalue weighted by atomic mass is 15.4. The molecule has 2 aromatic rings. The van der Waals surface area contributed by atoms with Crippen LogP contribution in [0, 0.1) is 25.2 Å². The number of nitriles is 1. The lowest BCUT2D eigenvalue weighted by Crippen LogP contribution is -2.12. The van der Waals surface area contributed by atoms with E-state index in [1.807, 2.05) is 4.68 Å². The summed E-state index contributed by atoms with van der Waals surface area (Å²) in [5, 5.41) is 17.7. The molecule has 0 aliphatic heterocycles. The maximum atomic E-state index is 9.35. The highest BCUT2D eigenvalue weighted by molar-refractivity contribution is 5.42. The van der Waals surface area contributed by atoms with E-state index in [-0.39, 0.29) is 0 Å². The van der Waals surface area contributed by atoms with Crippen LogP contribution in [0.5, 0.6) is 0 Å². The zero-order valence-electron chi connectivity index (χ0n) is 12.6. The van der Waals surface area contributed by atoms with E-state index >= 15 is 0 Å². The minimum atomic E-state index is 0.407. The highest BCUT2D eigenvalue weighted by Crippen LogP contribution is 2.34. The van der Waals surface area contributed by atoms with Crippen molar-refractivity contribution in [2.24, 2.45) is 0 Å². The number of nitrogens with zero attached hydrogens (tertiary/aromatic N) is 4. The van der Waals surface area contributed by atoms with Crippen LogP contribution in [0.1, 0.15) is 60.5 Å². The second-order valence-corrected chi connectivity index (χ2v) is 6.03. The molecule has 0 unspecified atom stereocenters. The minimum Gasteiger partial charge on any atom is -0.216 e. The summed E-state index contributed by atoms with van der Waals surface area (Å²) in [5.41, 5.74) is 4.91. The number of aryl methyl sites for hydroxylation is 2. The van der Waals surface area contributed by atoms with Gasteiger partial charge in [-0.25, -0.2) is 4.68 Å². The maximum Gasteiger partial charge on any atom is 0.186 e. The molecule has 4 heteroatoms. The van der Waals surface area contributed by atoms with E-state index in [1.54, 1.807) is 0 Å². The molecular weight excluding hydrogens is 260 g/mol. The second kappa shape index (κ2) is 5.69. The van der Waals surface area contributed by atoms with Crippen LogP contribution >= 0.6 is 0 Å². The monoisotopic (exact) mass is 280 g/mol. The standard InChI is InChI=1S/C17H20N4/c1-12-8-13(2)10-15(9-12)21-17(16(11-18)19-20-21)14-6-4-3-5-7-14/h8-10,14H,3-7H2,1-2H3. The molecule has 1 aromatic heterocycles. The predicted octanol–water partition coefficient (Wildman–Crippen LogP) is 3.80. The molecule has 1 heterocycles. The fourth-order valence-electron chi connectivity index (χ4n) is 3.37. The SMILES string of the molecule is Cc1cc(C)cc(-n2nnc(C#N)c2C2CCCCC2)c1. The number of benzene rings is 1. The zero-order valence-corrected chi connectivity index (χ0v) is 12.6. The molecule has 0 amide bonds. The molecular formula is C17H20N4. The summed E-state index contributed by atoms with van der Waals surface area (Å²) < 4.78 is 1.88. The molecule has 0 atom stereocenters. The number of hydrogen-bond acceptors (Lipinski definition) is 3. The van der Waals surface area contributed by atoms with Crippen LogP contribution < -0.4 is 0 Å². The smallest absolute Gasteiger partial charge is 0.186 e. The van der Waals surface area contributed by atoms with E-state index in [1.165, 1.54) is 30.4 Å². The van der Waals surface area contributed by atoms with Gasteiger partial charge in [0.1, 0.15) is 6.07 Å². The van der Waals surface area contributed by atoms with Crippen molar-refractivity contribution in [2.75, 3.05) is 0 Å². The summed E-state index contributed by atoms with van der Waals surface area (Å²) in [7, 11) is 0. The fourth-order valence-corrected chi connectivity index (χ4v) is 3.37. The molecule has 4 nitrogen and oxygen atoms in total. The Kier molecular flexibility index (Phi) is 3.74. The zero-order chi connectivity index (χ0) is 14.8. The first-order chi connectivity index (χ1) is 10.2. The molecule has 0 radical (unpaired) electrons. The summed E-state index contributed by atoms with van der Waals surface area (Å²) in [5.74, 6) is 0.407. The lowest BCUT2D eigenvalue weighted by Gasteiger charge is -2.22. The molecule has 1 saturated carbocycles. The van der Waals surface area contributed by atoms with E-state index in [0.29, 0.717) is 11.6 Å². The number of aromatic nitrogens is 3. The Hall–Kier alpha value is -2.15. The Morgan fingerprint density at radius 1 is 1.10 bits per heavy atom. The summed E-state index contributed by atoms with van der Waals surface area (Å²) in [4.78, 5) is 0. The van der Waals surface area contributed by atoms with Crippen molar-refractivity contribution in [3.63, 3.8) is 0 Å². The van der Waals surface area contributed by atoms with Gasteiger partial charge in [-0.15, -0.1) is 5.10 Å². The van der Waals surface area contributed by atoms with E-state index in [9.17, 15) is 5.26 Å². The summed E-state index contributed by atoms with van der Waals surface area (Å²) in [6, 6.07) is 8.58. The molecule has 1 aliphatic rings. The van der Waals surface area contributed by atoms with Crippen LogP contribution in [-0.2, 0) is 0 Å². The normalized spacial score (nSPS) is 15.9. The second-order valence-electron chi connectivity index (χ2n) is 6.03. The molecule has 3 rings (SSSR count). The van der Waals surface area contributed by atoms with Crippen LogP contribution in [0.15, 0.2) is 18.2 Å². The van der Waals surface area contributed by atoms with E-state index < -0.39 is 0 Å². The van der Waals surface area contributed by atoms with Gasteiger partial charge in [0.15, 0.2) is 5.69 Å². The lowest BCUT2D eigenvalue weighted by molar-refractivity contribution is 0.429. The van der Waals surface area contributed by atoms with Gasteiger partial charge in [0.05, 0.1) is 11.4 Å². The van der Waals surface area contributed by atoms with Crippen molar-refractivity contribution in [1.82, 2.24) is 15.0 Å². The van der Waals surface area contributed by atoms with Gasteiger partial charge in [-0.1, -0.05) is 30.5 Å². The van der Waals surface area contributed by atoms with Gasteiger partial charge in [-0.2, -0.15) is 5.26 Å². The van der Waals surface area contributed by atoms with Gasteiger partial charge in [0, 0.05) is 5.92 Å². The van der Waals surface area contributed by atoms with Gasteiger partial charge in [0.25, 0.3) is 0 Å². The minimum absolute atomic E-state index is 0.407. The summed E-state index contributed by atoms with van der Waals surface area (Å²) in [6.07, 6.45) is 6.02. The highest BCUT2D eigenvalue weighted by Gasteiger charge is 2.25. The van der Waals surface area contributed by atoms with Crippen molar-refractivity contribution in [3.05, 3.63) is 40.7 Å². The fraction of sp³-hybridized carbons (Fsp3) is 0.471. The molecule has 1 aliphatic carbocycles. The van der Waals surface area contributed by atoms with Crippen molar-refractivity contribution >= 4 is 0 Å². The quantitative estimate of drug-likeness (QED) is 0.840. The van der Waals surface area contributed by atoms with Crippen LogP contribution in [0.2, 0.25) is 0 Å². The Morgan fingerprint density at radius 2 is 1.76 bits per heavy atom. The summed E-state index contributed by atoms with van der Waals surface area (Å²) >= 11 is 0. The molecule has 21 heavy (non-hydrogen) atoms. The largest absolute Gasteiger partial charge is 0.216 e. The van der Waals surface area contributed by atoms with Gasteiger partial charge < -0.3 is 0 Å². The van der Waals surface area contributed by atoms with E-state index in [4.69, 9.17) is 0 Å². The average Bonchev–Trinajstić information content (AvgIpc) is 2.91. The number of rotatable bonds is 2. The third-order valence-electron chi connectivity index (χ3n) is 4.25. The predicted molar refractivity (Wildman–Crippen MR) is 81.4 cm³/mol. The molecule has 0 spiro atoms. The van der Waals surface area contributed by atoms with Gasteiger partial charge in [-0.05, 0) is 49.9 Å². The van der Waals surface area contributed by atoms with Crippen molar-refractivity contribution < 1.29 is 0 Å². The first kappa shape index (κ1) is 13.8. The van der Waals surface area contributed by atoms with Gasteiger partial charge in [-0.3, -0.25) is 0 Å². The number of hydrogen-bond donors (Lipinski definition) is 0. The van der Waals surface area contributed by atoms with Crippen LogP contribution in [0.3, 0.4) is 0 Å². The summed E-state index contributed by atoms with van der Waals surface area (Å²) in [6.45, 7) is 4.16. The third-order valence-corrected chi connectivity index (χ3v) is 4.25. The Balaban J connectivity index is 2.10. The molecule has 0 saturated heterocycles. The van der Waals surface area contributed by atoms with Crippen molar-refractivity contribution in [3.8, 4) is 11.8 Å². The molecule has 1 aromatic carbocycles. The van der Waals surface area contributed by atoms with Crippen LogP contribution in [0.4, 0.5) is 0 Å². The van der Waals surface area contributed by atoms with E-state index in [0.717, 1.165) is 24.2 Å². The van der Waals surface area contributed by atoms with Crippen LogP contribution in [0.25, 0.3) is 5.69 Å². The van der Waals surface area contributed by atoms with Gasteiger partial charge >= 0.3 is 0 Å².